The number of nitrogens with one attached hydrogen (secondary N) is 1. The number of aryl methyl sites for hydroxylation is 1. The molecule has 4 rings (SSSR count). The molecule has 0 bridgehead atoms. The SMILES string of the molecule is CCc1cnc(-c2nccc3ccc(C4CCC(C(C)(C)C)CC4)cc23)[nH]1. The third kappa shape index (κ3) is 3.65. The molecule has 3 aromatic rings. The second kappa shape index (κ2) is 7.10. The highest BCUT2D eigenvalue weighted by molar-refractivity contribution is 5.93. The predicted octanol–water partition coefficient (Wildman–Crippen LogP) is 6.51. The molecule has 1 N–H and O–H groups in total. The fourth-order valence-electron chi connectivity index (χ4n) is 4.58. The Balaban J connectivity index is 1.65. The van der Waals surface area contributed by atoms with Gasteiger partial charge in [0.25, 0.3) is 0 Å². The van der Waals surface area contributed by atoms with Crippen molar-refractivity contribution in [3.05, 3.63) is 47.9 Å². The predicted molar refractivity (Wildman–Crippen MR) is 113 cm³/mol. The summed E-state index contributed by atoms with van der Waals surface area (Å²) in [5.41, 5.74) is 4.02. The molecule has 0 unspecified atom stereocenters. The molecule has 0 radical (unpaired) electrons. The van der Waals surface area contributed by atoms with Gasteiger partial charge in [0.05, 0.1) is 0 Å². The van der Waals surface area contributed by atoms with Crippen LogP contribution in [0.4, 0.5) is 0 Å². The minimum absolute atomic E-state index is 0.432. The second-order valence-corrected chi connectivity index (χ2v) is 9.17. The number of pyridine rings is 1. The average molecular weight is 362 g/mol. The van der Waals surface area contributed by atoms with E-state index in [1.165, 1.54) is 42.0 Å². The van der Waals surface area contributed by atoms with Gasteiger partial charge in [-0.2, -0.15) is 0 Å². The fourth-order valence-corrected chi connectivity index (χ4v) is 4.58. The monoisotopic (exact) mass is 361 g/mol. The van der Waals surface area contributed by atoms with Crippen molar-refractivity contribution in [1.29, 1.82) is 0 Å². The maximum atomic E-state index is 4.66. The highest BCUT2D eigenvalue weighted by atomic mass is 14.9. The molecule has 1 aliphatic rings. The van der Waals surface area contributed by atoms with E-state index < -0.39 is 0 Å². The van der Waals surface area contributed by atoms with Gasteiger partial charge in [0.15, 0.2) is 5.82 Å². The number of imidazole rings is 1. The Morgan fingerprint density at radius 2 is 1.81 bits per heavy atom. The van der Waals surface area contributed by atoms with Crippen LogP contribution in [0.1, 0.15) is 70.6 Å². The molecule has 0 spiro atoms. The smallest absolute Gasteiger partial charge is 0.156 e. The summed E-state index contributed by atoms with van der Waals surface area (Å²) in [6.45, 7) is 9.31. The minimum Gasteiger partial charge on any atom is -0.341 e. The molecule has 3 nitrogen and oxygen atoms in total. The Morgan fingerprint density at radius 3 is 2.48 bits per heavy atom. The summed E-state index contributed by atoms with van der Waals surface area (Å²) in [5, 5.41) is 2.45. The van der Waals surface area contributed by atoms with E-state index in [4.69, 9.17) is 0 Å². The standard InChI is InChI=1S/C24H31N3/c1-5-20-15-26-23(27-20)22-21-14-18(7-6-17(21)12-13-25-22)16-8-10-19(11-9-16)24(2,3)4/h6-7,12-16,19H,5,8-11H2,1-4H3,(H,26,27). The van der Waals surface area contributed by atoms with Crippen LogP contribution >= 0.6 is 0 Å². The summed E-state index contributed by atoms with van der Waals surface area (Å²) in [5.74, 6) is 2.40. The maximum absolute atomic E-state index is 4.66. The number of aromatic amines is 1. The van der Waals surface area contributed by atoms with E-state index in [1.54, 1.807) is 0 Å². The van der Waals surface area contributed by atoms with E-state index >= 15 is 0 Å². The molecule has 0 amide bonds. The lowest BCUT2D eigenvalue weighted by atomic mass is 9.68. The van der Waals surface area contributed by atoms with Gasteiger partial charge in [-0.1, -0.05) is 39.8 Å². The van der Waals surface area contributed by atoms with Crippen LogP contribution in [0.2, 0.25) is 0 Å². The molecule has 0 aliphatic heterocycles. The van der Waals surface area contributed by atoms with Crippen LogP contribution in [0.25, 0.3) is 22.3 Å². The highest BCUT2D eigenvalue weighted by Gasteiger charge is 2.30. The molecule has 1 fully saturated rings. The molecule has 27 heavy (non-hydrogen) atoms. The third-order valence-corrected chi connectivity index (χ3v) is 6.45. The van der Waals surface area contributed by atoms with Crippen molar-refractivity contribution < 1.29 is 0 Å². The lowest BCUT2D eigenvalue weighted by Crippen LogP contribution is -2.25. The Kier molecular flexibility index (Phi) is 4.79. The van der Waals surface area contributed by atoms with Crippen molar-refractivity contribution in [2.75, 3.05) is 0 Å². The van der Waals surface area contributed by atoms with Crippen molar-refractivity contribution in [3.63, 3.8) is 0 Å². The van der Waals surface area contributed by atoms with E-state index in [0.29, 0.717) is 11.3 Å². The number of nitrogens with zero attached hydrogens (tertiary/aromatic N) is 2. The molecule has 0 saturated heterocycles. The van der Waals surface area contributed by atoms with E-state index in [0.717, 1.165) is 29.6 Å². The molecule has 1 aromatic carbocycles. The van der Waals surface area contributed by atoms with E-state index in [-0.39, 0.29) is 0 Å². The van der Waals surface area contributed by atoms with Gasteiger partial charge in [0, 0.05) is 23.5 Å². The molecule has 2 heterocycles. The van der Waals surface area contributed by atoms with Crippen LogP contribution in [-0.4, -0.2) is 15.0 Å². The fraction of sp³-hybridized carbons (Fsp3) is 0.500. The van der Waals surface area contributed by atoms with Crippen molar-refractivity contribution in [1.82, 2.24) is 15.0 Å². The van der Waals surface area contributed by atoms with Gasteiger partial charge in [-0.15, -0.1) is 0 Å². The third-order valence-electron chi connectivity index (χ3n) is 6.45. The first-order chi connectivity index (χ1) is 13.0. The van der Waals surface area contributed by atoms with E-state index in [2.05, 4.69) is 66.9 Å². The second-order valence-electron chi connectivity index (χ2n) is 9.17. The highest BCUT2D eigenvalue weighted by Crippen LogP contribution is 2.43. The van der Waals surface area contributed by atoms with E-state index in [1.807, 2.05) is 12.4 Å². The van der Waals surface area contributed by atoms with Crippen LogP contribution < -0.4 is 0 Å². The van der Waals surface area contributed by atoms with Gasteiger partial charge >= 0.3 is 0 Å². The Hall–Kier alpha value is -2.16. The van der Waals surface area contributed by atoms with Crippen molar-refractivity contribution in [2.45, 2.75) is 65.7 Å². The van der Waals surface area contributed by atoms with Gasteiger partial charge < -0.3 is 4.98 Å². The average Bonchev–Trinajstić information content (AvgIpc) is 3.15. The molecule has 3 heteroatoms. The van der Waals surface area contributed by atoms with Crippen LogP contribution in [-0.2, 0) is 6.42 Å². The number of H-pyrrole nitrogens is 1. The van der Waals surface area contributed by atoms with Crippen molar-refractivity contribution in [2.24, 2.45) is 11.3 Å². The Morgan fingerprint density at radius 1 is 1.04 bits per heavy atom. The van der Waals surface area contributed by atoms with Crippen LogP contribution in [0.5, 0.6) is 0 Å². The Labute approximate surface area is 162 Å². The summed E-state index contributed by atoms with van der Waals surface area (Å²) in [6, 6.07) is 9.06. The number of benzene rings is 1. The lowest BCUT2D eigenvalue weighted by molar-refractivity contribution is 0.169. The van der Waals surface area contributed by atoms with Crippen molar-refractivity contribution >= 4 is 10.8 Å². The molecule has 2 aromatic heterocycles. The normalized spacial score (nSPS) is 20.9. The number of aromatic nitrogens is 3. The molecule has 0 atom stereocenters. The first kappa shape index (κ1) is 18.2. The lowest BCUT2D eigenvalue weighted by Gasteiger charge is -2.37. The molecular formula is C24H31N3. The first-order valence-electron chi connectivity index (χ1n) is 10.4. The van der Waals surface area contributed by atoms with Gasteiger partial charge in [-0.3, -0.25) is 4.98 Å². The summed E-state index contributed by atoms with van der Waals surface area (Å²) in [4.78, 5) is 12.6. The molecule has 1 aliphatic carbocycles. The molecule has 1 saturated carbocycles. The first-order valence-corrected chi connectivity index (χ1v) is 10.4. The quantitative estimate of drug-likeness (QED) is 0.578. The number of hydrogen-bond donors (Lipinski definition) is 1. The largest absolute Gasteiger partial charge is 0.341 e. The minimum atomic E-state index is 0.432. The van der Waals surface area contributed by atoms with Crippen molar-refractivity contribution in [3.8, 4) is 11.5 Å². The van der Waals surface area contributed by atoms with Gasteiger partial charge in [-0.25, -0.2) is 4.98 Å². The summed E-state index contributed by atoms with van der Waals surface area (Å²) >= 11 is 0. The summed E-state index contributed by atoms with van der Waals surface area (Å²) in [7, 11) is 0. The van der Waals surface area contributed by atoms with Gasteiger partial charge in [-0.05, 0) is 72.4 Å². The van der Waals surface area contributed by atoms with Crippen LogP contribution in [0, 0.1) is 11.3 Å². The number of rotatable bonds is 3. The zero-order valence-corrected chi connectivity index (χ0v) is 17.0. The van der Waals surface area contributed by atoms with Crippen LogP contribution in [0.3, 0.4) is 0 Å². The summed E-state index contributed by atoms with van der Waals surface area (Å²) < 4.78 is 0. The van der Waals surface area contributed by atoms with E-state index in [9.17, 15) is 0 Å². The number of fused-ring (bicyclic) bond motifs is 1. The zero-order valence-electron chi connectivity index (χ0n) is 17.0. The number of hydrogen-bond acceptors (Lipinski definition) is 2. The maximum Gasteiger partial charge on any atom is 0.156 e. The van der Waals surface area contributed by atoms with Gasteiger partial charge in [0.2, 0.25) is 0 Å². The zero-order chi connectivity index (χ0) is 19.0. The van der Waals surface area contributed by atoms with Gasteiger partial charge in [0.1, 0.15) is 5.69 Å². The molecule has 142 valence electrons. The van der Waals surface area contributed by atoms with Crippen LogP contribution in [0.15, 0.2) is 36.7 Å². The Bertz CT molecular complexity index is 924. The topological polar surface area (TPSA) is 41.6 Å². The molecular weight excluding hydrogens is 330 g/mol. The summed E-state index contributed by atoms with van der Waals surface area (Å²) in [6.07, 6.45) is 10.0.